The van der Waals surface area contributed by atoms with Crippen LogP contribution in [0.4, 0.5) is 17.1 Å². The molecule has 3 heterocycles. The van der Waals surface area contributed by atoms with E-state index in [0.29, 0.717) is 0 Å². The van der Waals surface area contributed by atoms with Crippen molar-refractivity contribution in [3.05, 3.63) is 79.3 Å². The molecule has 0 spiro atoms. The minimum Gasteiger partial charge on any atom is -0.369 e. The van der Waals surface area contributed by atoms with Crippen molar-refractivity contribution in [3.8, 4) is 11.1 Å². The van der Waals surface area contributed by atoms with Gasteiger partial charge < -0.3 is 15.1 Å². The number of aromatic nitrogens is 2. The van der Waals surface area contributed by atoms with Gasteiger partial charge in [0.2, 0.25) is 0 Å². The second-order valence-corrected chi connectivity index (χ2v) is 7.79. The third kappa shape index (κ3) is 3.84. The fourth-order valence-electron chi connectivity index (χ4n) is 3.95. The molecule has 1 fully saturated rings. The molecule has 2 aromatic heterocycles. The molecule has 2 aromatic carbocycles. The second-order valence-electron chi connectivity index (χ2n) is 7.79. The molecule has 1 N–H and O–H groups in total. The fraction of sp³-hybridized carbons (Fsp3) is 0.200. The third-order valence-corrected chi connectivity index (χ3v) is 5.77. The predicted molar refractivity (Wildman–Crippen MR) is 124 cm³/mol. The fourth-order valence-corrected chi connectivity index (χ4v) is 3.95. The molecule has 150 valence electrons. The van der Waals surface area contributed by atoms with Crippen LogP contribution in [0.3, 0.4) is 0 Å². The van der Waals surface area contributed by atoms with E-state index in [1.54, 1.807) is 0 Å². The average molecular weight is 396 g/mol. The zero-order valence-electron chi connectivity index (χ0n) is 17.1. The average Bonchev–Trinajstić information content (AvgIpc) is 2.81. The summed E-state index contributed by atoms with van der Waals surface area (Å²) in [4.78, 5) is 13.5. The second kappa shape index (κ2) is 8.13. The first-order valence-electron chi connectivity index (χ1n) is 10.4. The van der Waals surface area contributed by atoms with E-state index in [1.807, 2.05) is 36.8 Å². The smallest absolute Gasteiger partial charge is 0.0723 e. The van der Waals surface area contributed by atoms with Gasteiger partial charge in [0, 0.05) is 67.2 Å². The van der Waals surface area contributed by atoms with E-state index in [2.05, 4.69) is 74.6 Å². The van der Waals surface area contributed by atoms with Crippen LogP contribution in [0.25, 0.3) is 22.0 Å². The summed E-state index contributed by atoms with van der Waals surface area (Å²) < 4.78 is 0. The Morgan fingerprint density at radius 1 is 0.767 bits per heavy atom. The quantitative estimate of drug-likeness (QED) is 0.538. The Morgan fingerprint density at radius 2 is 1.53 bits per heavy atom. The number of fused-ring (bicyclic) bond motifs is 1. The van der Waals surface area contributed by atoms with Gasteiger partial charge in [-0.1, -0.05) is 6.07 Å². The summed E-state index contributed by atoms with van der Waals surface area (Å²) >= 11 is 0. The zero-order valence-corrected chi connectivity index (χ0v) is 17.1. The van der Waals surface area contributed by atoms with Gasteiger partial charge in [-0.3, -0.25) is 9.97 Å². The van der Waals surface area contributed by atoms with Crippen molar-refractivity contribution in [1.82, 2.24) is 14.9 Å². The molecule has 0 aliphatic carbocycles. The van der Waals surface area contributed by atoms with Gasteiger partial charge >= 0.3 is 0 Å². The highest BCUT2D eigenvalue weighted by Gasteiger charge is 2.14. The molecule has 1 aliphatic heterocycles. The summed E-state index contributed by atoms with van der Waals surface area (Å²) in [6.07, 6.45) is 5.50. The molecule has 0 bridgehead atoms. The van der Waals surface area contributed by atoms with Gasteiger partial charge in [0.1, 0.15) is 0 Å². The molecule has 1 aliphatic rings. The first-order valence-corrected chi connectivity index (χ1v) is 10.4. The normalized spacial score (nSPS) is 14.8. The predicted octanol–water partition coefficient (Wildman–Crippen LogP) is 4.79. The van der Waals surface area contributed by atoms with E-state index < -0.39 is 0 Å². The van der Waals surface area contributed by atoms with E-state index in [4.69, 9.17) is 0 Å². The number of pyridine rings is 2. The summed E-state index contributed by atoms with van der Waals surface area (Å²) in [6, 6.07) is 21.2. The van der Waals surface area contributed by atoms with Gasteiger partial charge in [0.25, 0.3) is 0 Å². The minimum absolute atomic E-state index is 0.979. The maximum atomic E-state index is 4.54. The van der Waals surface area contributed by atoms with E-state index in [-0.39, 0.29) is 0 Å². The molecule has 4 aromatic rings. The van der Waals surface area contributed by atoms with Gasteiger partial charge in [0.15, 0.2) is 0 Å². The maximum Gasteiger partial charge on any atom is 0.0723 e. The molecule has 1 saturated heterocycles. The SMILES string of the molecule is CN1CCN(c2ccc(Nc3ccnc4ccc(-c5ccncc5)cc34)cc2)CC1. The van der Waals surface area contributed by atoms with Crippen molar-refractivity contribution in [1.29, 1.82) is 0 Å². The summed E-state index contributed by atoms with van der Waals surface area (Å²) in [5.74, 6) is 0. The lowest BCUT2D eigenvalue weighted by molar-refractivity contribution is 0.313. The van der Waals surface area contributed by atoms with Crippen LogP contribution in [0.15, 0.2) is 79.3 Å². The summed E-state index contributed by atoms with van der Waals surface area (Å²) in [7, 11) is 2.18. The number of benzene rings is 2. The molecule has 5 heteroatoms. The van der Waals surface area contributed by atoms with Gasteiger partial charge in [-0.25, -0.2) is 0 Å². The van der Waals surface area contributed by atoms with E-state index in [1.165, 1.54) is 5.69 Å². The molecule has 0 unspecified atom stereocenters. The number of hydrogen-bond acceptors (Lipinski definition) is 5. The number of nitrogens with zero attached hydrogens (tertiary/aromatic N) is 4. The van der Waals surface area contributed by atoms with Crippen LogP contribution in [-0.4, -0.2) is 48.1 Å². The highest BCUT2D eigenvalue weighted by molar-refractivity contribution is 5.95. The first kappa shape index (κ1) is 18.6. The molecule has 0 radical (unpaired) electrons. The lowest BCUT2D eigenvalue weighted by Gasteiger charge is -2.34. The number of rotatable bonds is 4. The Bertz CT molecular complexity index is 1130. The Hall–Kier alpha value is -3.44. The van der Waals surface area contributed by atoms with E-state index >= 15 is 0 Å². The summed E-state index contributed by atoms with van der Waals surface area (Å²) in [6.45, 7) is 4.39. The molecule has 0 atom stereocenters. The Labute approximate surface area is 177 Å². The van der Waals surface area contributed by atoms with Crippen molar-refractivity contribution in [3.63, 3.8) is 0 Å². The van der Waals surface area contributed by atoms with E-state index in [0.717, 1.165) is 59.6 Å². The van der Waals surface area contributed by atoms with Gasteiger partial charge in [0.05, 0.1) is 5.52 Å². The molecular formula is C25H25N5. The Morgan fingerprint density at radius 3 is 2.30 bits per heavy atom. The highest BCUT2D eigenvalue weighted by Crippen LogP contribution is 2.30. The van der Waals surface area contributed by atoms with Crippen LogP contribution >= 0.6 is 0 Å². The van der Waals surface area contributed by atoms with Crippen LogP contribution in [0.2, 0.25) is 0 Å². The van der Waals surface area contributed by atoms with E-state index in [9.17, 15) is 0 Å². The minimum atomic E-state index is 0.979. The maximum absolute atomic E-state index is 4.54. The number of hydrogen-bond donors (Lipinski definition) is 1. The van der Waals surface area contributed by atoms with Crippen molar-refractivity contribution < 1.29 is 0 Å². The third-order valence-electron chi connectivity index (χ3n) is 5.77. The lowest BCUT2D eigenvalue weighted by atomic mass is 10.0. The molecule has 5 rings (SSSR count). The number of nitrogens with one attached hydrogen (secondary N) is 1. The van der Waals surface area contributed by atoms with Crippen LogP contribution in [0.1, 0.15) is 0 Å². The largest absolute Gasteiger partial charge is 0.369 e. The van der Waals surface area contributed by atoms with Crippen molar-refractivity contribution in [2.24, 2.45) is 0 Å². The zero-order chi connectivity index (χ0) is 20.3. The molecule has 30 heavy (non-hydrogen) atoms. The standard InChI is InChI=1S/C25H25N5/c1-29-14-16-30(17-15-29)22-5-3-21(4-6-22)28-25-10-13-27-24-7-2-20(18-23(24)25)19-8-11-26-12-9-19/h2-13,18H,14-17H2,1H3,(H,27,28). The van der Waals surface area contributed by atoms with Crippen molar-refractivity contribution in [2.45, 2.75) is 0 Å². The number of anilines is 3. The van der Waals surface area contributed by atoms with Gasteiger partial charge in [-0.15, -0.1) is 0 Å². The van der Waals surface area contributed by atoms with Crippen LogP contribution in [0, 0.1) is 0 Å². The molecular weight excluding hydrogens is 370 g/mol. The Balaban J connectivity index is 1.41. The summed E-state index contributed by atoms with van der Waals surface area (Å²) in [5, 5.41) is 4.69. The number of piperazine rings is 1. The topological polar surface area (TPSA) is 44.3 Å². The molecule has 5 nitrogen and oxygen atoms in total. The Kier molecular flexibility index (Phi) is 5.03. The van der Waals surface area contributed by atoms with Crippen LogP contribution < -0.4 is 10.2 Å². The van der Waals surface area contributed by atoms with Crippen LogP contribution in [-0.2, 0) is 0 Å². The number of likely N-dealkylation sites (N-methyl/N-ethyl adjacent to an activating group) is 1. The first-order chi connectivity index (χ1) is 14.8. The lowest BCUT2D eigenvalue weighted by Crippen LogP contribution is -2.44. The van der Waals surface area contributed by atoms with Gasteiger partial charge in [-0.2, -0.15) is 0 Å². The van der Waals surface area contributed by atoms with Gasteiger partial charge in [-0.05, 0) is 72.8 Å². The monoisotopic (exact) mass is 395 g/mol. The highest BCUT2D eigenvalue weighted by atomic mass is 15.2. The molecule has 0 saturated carbocycles. The van der Waals surface area contributed by atoms with Crippen molar-refractivity contribution >= 4 is 28.0 Å². The summed E-state index contributed by atoms with van der Waals surface area (Å²) in [5.41, 5.74) is 6.71. The molecule has 0 amide bonds. The van der Waals surface area contributed by atoms with Crippen molar-refractivity contribution in [2.75, 3.05) is 43.4 Å². The van der Waals surface area contributed by atoms with Crippen LogP contribution in [0.5, 0.6) is 0 Å².